The van der Waals surface area contributed by atoms with Gasteiger partial charge < -0.3 is 9.32 Å². The Bertz CT molecular complexity index is 1120. The zero-order valence-electron chi connectivity index (χ0n) is 16.4. The molecule has 2 saturated heterocycles. The van der Waals surface area contributed by atoms with Gasteiger partial charge in [-0.15, -0.1) is 11.3 Å². The summed E-state index contributed by atoms with van der Waals surface area (Å²) in [5.74, 6) is 0.825. The minimum Gasteiger partial charge on any atom is -0.440 e. The van der Waals surface area contributed by atoms with Gasteiger partial charge in [-0.05, 0) is 49.3 Å². The molecule has 1 atom stereocenters. The van der Waals surface area contributed by atoms with Crippen molar-refractivity contribution in [2.45, 2.75) is 41.9 Å². The molecule has 0 saturated carbocycles. The Morgan fingerprint density at radius 1 is 1.07 bits per heavy atom. The van der Waals surface area contributed by atoms with Crippen LogP contribution in [0.1, 0.15) is 37.5 Å². The standard InChI is InChI=1S/C21H23N3O4S2/c25-21(17-6-3-11-24(17)30(26,27)19-8-4-14-29-19)23-12-9-15(10-13-23)20-22-16-5-1-2-7-18(16)28-20/h1-2,4-5,7-8,14-15,17H,3,6,9-13H2. The summed E-state index contributed by atoms with van der Waals surface area (Å²) in [4.78, 5) is 19.6. The third-order valence-corrected chi connectivity index (χ3v) is 9.29. The van der Waals surface area contributed by atoms with Crippen molar-refractivity contribution < 1.29 is 17.6 Å². The average Bonchev–Trinajstić information content (AvgIpc) is 3.53. The van der Waals surface area contributed by atoms with Crippen molar-refractivity contribution in [3.63, 3.8) is 0 Å². The fraction of sp³-hybridized carbons (Fsp3) is 0.429. The number of benzene rings is 1. The molecule has 0 spiro atoms. The van der Waals surface area contributed by atoms with Gasteiger partial charge in [0.25, 0.3) is 10.0 Å². The van der Waals surface area contributed by atoms with E-state index in [9.17, 15) is 13.2 Å². The maximum absolute atomic E-state index is 13.2. The van der Waals surface area contributed by atoms with Crippen molar-refractivity contribution >= 4 is 38.4 Å². The van der Waals surface area contributed by atoms with Gasteiger partial charge in [0.1, 0.15) is 15.8 Å². The molecule has 1 aromatic carbocycles. The van der Waals surface area contributed by atoms with Crippen LogP contribution in [0.25, 0.3) is 11.1 Å². The van der Waals surface area contributed by atoms with Crippen LogP contribution in [0, 0.1) is 0 Å². The van der Waals surface area contributed by atoms with Crippen molar-refractivity contribution in [3.8, 4) is 0 Å². The van der Waals surface area contributed by atoms with Gasteiger partial charge in [0.05, 0.1) is 0 Å². The number of rotatable bonds is 4. The first-order valence-electron chi connectivity index (χ1n) is 10.2. The Balaban J connectivity index is 1.27. The predicted molar refractivity (Wildman–Crippen MR) is 114 cm³/mol. The molecule has 2 aliphatic rings. The largest absolute Gasteiger partial charge is 0.440 e. The van der Waals surface area contributed by atoms with Gasteiger partial charge in [-0.1, -0.05) is 18.2 Å². The first-order valence-corrected chi connectivity index (χ1v) is 12.6. The van der Waals surface area contributed by atoms with E-state index >= 15 is 0 Å². The number of piperidine rings is 1. The summed E-state index contributed by atoms with van der Waals surface area (Å²) in [5, 5.41) is 1.75. The molecule has 4 heterocycles. The van der Waals surface area contributed by atoms with Gasteiger partial charge in [0, 0.05) is 25.6 Å². The van der Waals surface area contributed by atoms with E-state index in [2.05, 4.69) is 4.98 Å². The van der Waals surface area contributed by atoms with E-state index in [0.29, 0.717) is 36.7 Å². The van der Waals surface area contributed by atoms with E-state index in [1.165, 1.54) is 15.6 Å². The van der Waals surface area contributed by atoms with Crippen LogP contribution in [0.3, 0.4) is 0 Å². The van der Waals surface area contributed by atoms with Crippen molar-refractivity contribution in [3.05, 3.63) is 47.7 Å². The number of sulfonamides is 1. The number of hydrogen-bond acceptors (Lipinski definition) is 6. The third-order valence-electron chi connectivity index (χ3n) is 6.01. The molecule has 7 nitrogen and oxygen atoms in total. The fourth-order valence-electron chi connectivity index (χ4n) is 4.42. The Morgan fingerprint density at radius 3 is 2.60 bits per heavy atom. The molecular weight excluding hydrogens is 422 g/mol. The molecule has 0 bridgehead atoms. The molecule has 0 N–H and O–H groups in total. The lowest BCUT2D eigenvalue weighted by molar-refractivity contribution is -0.135. The van der Waals surface area contributed by atoms with Crippen LogP contribution < -0.4 is 0 Å². The molecule has 2 aromatic heterocycles. The van der Waals surface area contributed by atoms with Crippen LogP contribution in [0.15, 0.2) is 50.4 Å². The Morgan fingerprint density at radius 2 is 1.87 bits per heavy atom. The lowest BCUT2D eigenvalue weighted by Crippen LogP contribution is -2.49. The van der Waals surface area contributed by atoms with Crippen molar-refractivity contribution in [1.29, 1.82) is 0 Å². The molecule has 0 radical (unpaired) electrons. The van der Waals surface area contributed by atoms with Gasteiger partial charge in [-0.3, -0.25) is 4.79 Å². The summed E-state index contributed by atoms with van der Waals surface area (Å²) in [6, 6.07) is 10.4. The maximum atomic E-state index is 13.2. The first kappa shape index (κ1) is 19.7. The number of carbonyl (C=O) groups excluding carboxylic acids is 1. The number of oxazole rings is 1. The molecule has 1 unspecified atom stereocenters. The van der Waals surface area contributed by atoms with E-state index in [1.807, 2.05) is 29.2 Å². The normalized spacial score (nSPS) is 21.5. The Hall–Kier alpha value is -2.23. The number of fused-ring (bicyclic) bond motifs is 1. The number of nitrogens with zero attached hydrogens (tertiary/aromatic N) is 3. The maximum Gasteiger partial charge on any atom is 0.253 e. The molecule has 2 fully saturated rings. The second-order valence-corrected chi connectivity index (χ2v) is 10.9. The van der Waals surface area contributed by atoms with Crippen molar-refractivity contribution in [2.75, 3.05) is 19.6 Å². The highest BCUT2D eigenvalue weighted by Gasteiger charge is 2.42. The van der Waals surface area contributed by atoms with Gasteiger partial charge in [0.15, 0.2) is 11.5 Å². The lowest BCUT2D eigenvalue weighted by atomic mass is 9.96. The number of aromatic nitrogens is 1. The molecule has 30 heavy (non-hydrogen) atoms. The minimum atomic E-state index is -3.62. The molecule has 9 heteroatoms. The minimum absolute atomic E-state index is 0.0800. The van der Waals surface area contributed by atoms with Gasteiger partial charge in [0.2, 0.25) is 5.91 Å². The second-order valence-electron chi connectivity index (χ2n) is 7.83. The van der Waals surface area contributed by atoms with Crippen LogP contribution >= 0.6 is 11.3 Å². The number of thiophene rings is 1. The topological polar surface area (TPSA) is 83.7 Å². The van der Waals surface area contributed by atoms with Crippen molar-refractivity contribution in [2.24, 2.45) is 0 Å². The number of para-hydroxylation sites is 2. The van der Waals surface area contributed by atoms with Gasteiger partial charge in [-0.25, -0.2) is 13.4 Å². The zero-order chi connectivity index (χ0) is 20.7. The Labute approximate surface area is 179 Å². The third kappa shape index (κ3) is 3.44. The summed E-state index contributed by atoms with van der Waals surface area (Å²) >= 11 is 1.19. The SMILES string of the molecule is O=C(C1CCCN1S(=O)(=O)c1cccs1)N1CCC(c2nc3ccccc3o2)CC1. The molecular formula is C21H23N3O4S2. The smallest absolute Gasteiger partial charge is 0.253 e. The lowest BCUT2D eigenvalue weighted by Gasteiger charge is -2.34. The van der Waals surface area contributed by atoms with E-state index in [-0.39, 0.29) is 11.8 Å². The summed E-state index contributed by atoms with van der Waals surface area (Å²) in [5.41, 5.74) is 1.64. The molecule has 0 aliphatic carbocycles. The number of likely N-dealkylation sites (tertiary alicyclic amines) is 1. The Kier molecular flexibility index (Phi) is 5.12. The van der Waals surface area contributed by atoms with Crippen LogP contribution in [0.5, 0.6) is 0 Å². The van der Waals surface area contributed by atoms with E-state index in [4.69, 9.17) is 4.42 Å². The number of amides is 1. The zero-order valence-corrected chi connectivity index (χ0v) is 18.1. The van der Waals surface area contributed by atoms with E-state index < -0.39 is 16.1 Å². The van der Waals surface area contributed by atoms with Crippen molar-refractivity contribution in [1.82, 2.24) is 14.2 Å². The number of carbonyl (C=O) groups is 1. The summed E-state index contributed by atoms with van der Waals surface area (Å²) in [6.45, 7) is 1.58. The molecule has 158 valence electrons. The average molecular weight is 446 g/mol. The fourth-order valence-corrected chi connectivity index (χ4v) is 7.19. The van der Waals surface area contributed by atoms with Gasteiger partial charge >= 0.3 is 0 Å². The molecule has 2 aliphatic heterocycles. The monoisotopic (exact) mass is 445 g/mol. The van der Waals surface area contributed by atoms with Crippen LogP contribution in [-0.4, -0.2) is 54.2 Å². The van der Waals surface area contributed by atoms with E-state index in [1.54, 1.807) is 17.5 Å². The van der Waals surface area contributed by atoms with Gasteiger partial charge in [-0.2, -0.15) is 4.31 Å². The predicted octanol–water partition coefficient (Wildman–Crippen LogP) is 3.45. The van der Waals surface area contributed by atoms with Crippen LogP contribution in [-0.2, 0) is 14.8 Å². The molecule has 5 rings (SSSR count). The highest BCUT2D eigenvalue weighted by atomic mass is 32.2. The number of hydrogen-bond donors (Lipinski definition) is 0. The highest BCUT2D eigenvalue weighted by Crippen LogP contribution is 2.33. The highest BCUT2D eigenvalue weighted by molar-refractivity contribution is 7.91. The van der Waals surface area contributed by atoms with Crippen LogP contribution in [0.2, 0.25) is 0 Å². The molecule has 1 amide bonds. The van der Waals surface area contributed by atoms with Crippen LogP contribution in [0.4, 0.5) is 0 Å². The summed E-state index contributed by atoms with van der Waals surface area (Å²) in [6.07, 6.45) is 2.82. The van der Waals surface area contributed by atoms with E-state index in [0.717, 1.165) is 29.8 Å². The summed E-state index contributed by atoms with van der Waals surface area (Å²) in [7, 11) is -3.62. The second kappa shape index (κ2) is 7.79. The first-order chi connectivity index (χ1) is 14.5. The molecule has 3 aromatic rings. The summed E-state index contributed by atoms with van der Waals surface area (Å²) < 4.78 is 33.5. The quantitative estimate of drug-likeness (QED) is 0.614.